The number of halogens is 1. The molecule has 174 valence electrons. The van der Waals surface area contributed by atoms with Crippen LogP contribution in [0.3, 0.4) is 0 Å². The number of nitrogens with zero attached hydrogens (tertiary/aromatic N) is 1. The number of esters is 1. The minimum atomic E-state index is -0.594. The number of anilines is 1. The molecule has 0 aliphatic carbocycles. The Kier molecular flexibility index (Phi) is 7.59. The zero-order chi connectivity index (χ0) is 24.6. The van der Waals surface area contributed by atoms with Crippen LogP contribution in [0.4, 0.5) is 11.4 Å². The van der Waals surface area contributed by atoms with Gasteiger partial charge in [0.2, 0.25) is 6.21 Å². The molecule has 0 unspecified atom stereocenters. The second kappa shape index (κ2) is 11.2. The summed E-state index contributed by atoms with van der Waals surface area (Å²) in [6, 6.07) is 24.7. The van der Waals surface area contributed by atoms with Crippen molar-refractivity contribution in [2.24, 2.45) is 5.18 Å². The van der Waals surface area contributed by atoms with Gasteiger partial charge in [0, 0.05) is 10.2 Å². The number of nitroso groups, excluding NO2 is 1. The fraction of sp³-hybridized carbons (Fsp3) is 0.0385. The van der Waals surface area contributed by atoms with Crippen LogP contribution in [0.2, 0.25) is 0 Å². The normalized spacial score (nSPS) is 10.8. The van der Waals surface area contributed by atoms with Crippen LogP contribution in [0.5, 0.6) is 5.75 Å². The van der Waals surface area contributed by atoms with Gasteiger partial charge < -0.3 is 10.1 Å². The Balaban J connectivity index is 1.36. The number of hydrazone groups is 1. The minimum Gasteiger partial charge on any atom is -0.422 e. The van der Waals surface area contributed by atoms with Crippen molar-refractivity contribution in [2.45, 2.75) is 0 Å². The fourth-order valence-corrected chi connectivity index (χ4v) is 3.64. The highest BCUT2D eigenvalue weighted by Gasteiger charge is 2.13. The first-order valence-electron chi connectivity index (χ1n) is 10.6. The minimum absolute atomic E-state index is 0.0607. The Labute approximate surface area is 209 Å². The Bertz CT molecular complexity index is 1420. The van der Waals surface area contributed by atoms with Gasteiger partial charge >= 0.3 is 5.97 Å². The number of rotatable bonds is 8. The predicted octanol–water partition coefficient (Wildman–Crippen LogP) is 3.86. The third-order valence-electron chi connectivity index (χ3n) is 5.02. The second-order valence-electron chi connectivity index (χ2n) is 7.46. The van der Waals surface area contributed by atoms with Gasteiger partial charge in [0.25, 0.3) is 5.91 Å². The lowest BCUT2D eigenvalue weighted by Crippen LogP contribution is -2.82. The average molecular weight is 532 g/mol. The maximum absolute atomic E-state index is 12.5. The van der Waals surface area contributed by atoms with E-state index in [-0.39, 0.29) is 29.5 Å². The molecule has 0 aliphatic heterocycles. The Morgan fingerprint density at radius 2 is 1.71 bits per heavy atom. The standard InChI is InChI=1S/C26H19BrN4O4/c27-21-8-12-24(35-26(33)18-6-9-22(31-34)10-7-18)20(13-21)15-29-30-25(32)16-28-23-11-5-17-3-1-2-4-19(17)14-23/h1-15,28H,16H2,(H,30,32)/p+1/b29-15+. The molecule has 1 amide bonds. The zero-order valence-corrected chi connectivity index (χ0v) is 19.9. The summed E-state index contributed by atoms with van der Waals surface area (Å²) < 4.78 is 6.25. The van der Waals surface area contributed by atoms with Crippen molar-refractivity contribution in [1.82, 2.24) is 5.43 Å². The van der Waals surface area contributed by atoms with Crippen molar-refractivity contribution in [2.75, 3.05) is 11.9 Å². The van der Waals surface area contributed by atoms with E-state index >= 15 is 0 Å². The van der Waals surface area contributed by atoms with Gasteiger partial charge in [-0.3, -0.25) is 4.79 Å². The molecule has 0 aliphatic rings. The predicted molar refractivity (Wildman–Crippen MR) is 138 cm³/mol. The highest BCUT2D eigenvalue weighted by molar-refractivity contribution is 9.10. The number of nitrogens with one attached hydrogen (secondary N) is 3. The zero-order valence-electron chi connectivity index (χ0n) is 18.3. The largest absolute Gasteiger partial charge is 0.422 e. The molecular formula is C26H20BrN4O4+. The number of ether oxygens (including phenoxy) is 1. The van der Waals surface area contributed by atoms with E-state index in [0.717, 1.165) is 20.9 Å². The summed E-state index contributed by atoms with van der Waals surface area (Å²) in [5, 5.41) is 10.8. The number of benzene rings is 4. The molecule has 0 saturated carbocycles. The van der Waals surface area contributed by atoms with Crippen molar-refractivity contribution in [3.63, 3.8) is 0 Å². The highest BCUT2D eigenvalue weighted by Crippen LogP contribution is 2.23. The summed E-state index contributed by atoms with van der Waals surface area (Å²) in [6.45, 7) is 0.0607. The van der Waals surface area contributed by atoms with Crippen LogP contribution in [0.25, 0.3) is 10.8 Å². The number of hydrazine groups is 1. The topological polar surface area (TPSA) is 111 Å². The molecule has 0 heterocycles. The van der Waals surface area contributed by atoms with E-state index in [1.165, 1.54) is 30.5 Å². The Morgan fingerprint density at radius 3 is 2.49 bits per heavy atom. The summed E-state index contributed by atoms with van der Waals surface area (Å²) >= 11 is 3.39. The lowest BCUT2D eigenvalue weighted by molar-refractivity contribution is -0.505. The van der Waals surface area contributed by atoms with Crippen LogP contribution in [-0.2, 0) is 4.79 Å². The Morgan fingerprint density at radius 1 is 0.943 bits per heavy atom. The molecule has 8 nitrogen and oxygen atoms in total. The van der Waals surface area contributed by atoms with Crippen molar-refractivity contribution in [1.29, 1.82) is 0 Å². The van der Waals surface area contributed by atoms with Crippen LogP contribution >= 0.6 is 15.9 Å². The van der Waals surface area contributed by atoms with Crippen molar-refractivity contribution in [3.05, 3.63) is 105 Å². The molecule has 3 N–H and O–H groups in total. The summed E-state index contributed by atoms with van der Waals surface area (Å²) in [5.74, 6) is -0.596. The van der Waals surface area contributed by atoms with Gasteiger partial charge in [-0.2, -0.15) is 0 Å². The van der Waals surface area contributed by atoms with Crippen LogP contribution in [0.1, 0.15) is 15.9 Å². The molecule has 0 fully saturated rings. The van der Waals surface area contributed by atoms with Gasteiger partial charge in [-0.05, 0) is 70.5 Å². The molecule has 0 bridgehead atoms. The molecule has 0 saturated heterocycles. The number of hydrogen-bond acceptors (Lipinski definition) is 6. The molecule has 35 heavy (non-hydrogen) atoms. The van der Waals surface area contributed by atoms with E-state index in [4.69, 9.17) is 4.74 Å². The molecule has 0 spiro atoms. The summed E-state index contributed by atoms with van der Waals surface area (Å²) in [6.07, 6.45) is 1.51. The number of carbonyl (C=O) groups excluding carboxylic acids is 2. The molecule has 0 radical (unpaired) electrons. The third-order valence-corrected chi connectivity index (χ3v) is 5.52. The van der Waals surface area contributed by atoms with Gasteiger partial charge in [0.15, 0.2) is 0 Å². The fourth-order valence-electron chi connectivity index (χ4n) is 3.26. The molecule has 9 heteroatoms. The molecule has 0 atom stereocenters. The van der Waals surface area contributed by atoms with E-state index < -0.39 is 5.97 Å². The van der Waals surface area contributed by atoms with Gasteiger partial charge in [0.05, 0.1) is 17.7 Å². The molecule has 4 aromatic rings. The van der Waals surface area contributed by atoms with Crippen LogP contribution < -0.4 is 20.6 Å². The van der Waals surface area contributed by atoms with Crippen LogP contribution in [0, 0.1) is 4.91 Å². The van der Waals surface area contributed by atoms with E-state index in [0.29, 0.717) is 5.56 Å². The number of amides is 1. The van der Waals surface area contributed by atoms with E-state index in [2.05, 4.69) is 37.0 Å². The van der Waals surface area contributed by atoms with Gasteiger partial charge in [0.1, 0.15) is 11.4 Å². The van der Waals surface area contributed by atoms with E-state index in [9.17, 15) is 14.5 Å². The van der Waals surface area contributed by atoms with Crippen molar-refractivity contribution >= 4 is 56.2 Å². The summed E-state index contributed by atoms with van der Waals surface area (Å²) in [5.41, 5.74) is 4.43. The van der Waals surface area contributed by atoms with Crippen molar-refractivity contribution in [3.8, 4) is 5.75 Å². The molecule has 4 rings (SSSR count). The number of carbonyl (C=O) groups is 2. The molecule has 0 aromatic heterocycles. The lowest BCUT2D eigenvalue weighted by Gasteiger charge is -2.07. The second-order valence-corrected chi connectivity index (χ2v) is 8.38. The third kappa shape index (κ3) is 6.36. The smallest absolute Gasteiger partial charge is 0.343 e. The van der Waals surface area contributed by atoms with Crippen LogP contribution in [-0.4, -0.2) is 24.6 Å². The molecule has 4 aromatic carbocycles. The molecular weight excluding hydrogens is 512 g/mol. The number of fused-ring (bicyclic) bond motifs is 1. The number of hydrogen-bond donors (Lipinski definition) is 3. The average Bonchev–Trinajstić information content (AvgIpc) is 2.88. The quantitative estimate of drug-likeness (QED) is 0.105. The van der Waals surface area contributed by atoms with E-state index in [1.807, 2.05) is 42.5 Å². The van der Waals surface area contributed by atoms with E-state index in [1.54, 1.807) is 18.2 Å². The first kappa shape index (κ1) is 23.8. The SMILES string of the molecule is O=Nc1ccc(C(=O)Oc2ccc(Br)cc2/C=[NH+]/NC(=O)CNc2ccc3ccccc3c2)cc1. The lowest BCUT2D eigenvalue weighted by atomic mass is 10.1. The maximum atomic E-state index is 12.5. The summed E-state index contributed by atoms with van der Waals surface area (Å²) in [7, 11) is 0. The first-order valence-corrected chi connectivity index (χ1v) is 11.4. The van der Waals surface area contributed by atoms with Crippen LogP contribution in [0.15, 0.2) is 94.6 Å². The van der Waals surface area contributed by atoms with Gasteiger partial charge in [-0.15, -0.1) is 15.4 Å². The summed E-state index contributed by atoms with van der Waals surface area (Å²) in [4.78, 5) is 35.3. The monoisotopic (exact) mass is 531 g/mol. The first-order chi connectivity index (χ1) is 17.0. The highest BCUT2D eigenvalue weighted by atomic mass is 79.9. The van der Waals surface area contributed by atoms with Crippen molar-refractivity contribution < 1.29 is 19.4 Å². The maximum Gasteiger partial charge on any atom is 0.343 e. The van der Waals surface area contributed by atoms with Gasteiger partial charge in [-0.1, -0.05) is 46.3 Å². The van der Waals surface area contributed by atoms with Gasteiger partial charge in [-0.25, -0.2) is 4.79 Å². The Hall–Kier alpha value is -4.37.